The number of nitrogens with zero attached hydrogens (tertiary/aromatic N) is 1. The highest BCUT2D eigenvalue weighted by atomic mass is 32.1. The van der Waals surface area contributed by atoms with Crippen LogP contribution in [0.5, 0.6) is 0 Å². The maximum absolute atomic E-state index is 11.7. The number of carbonyl (C=O) groups is 1. The summed E-state index contributed by atoms with van der Waals surface area (Å²) in [5.41, 5.74) is 10.6. The van der Waals surface area contributed by atoms with Gasteiger partial charge in [0.1, 0.15) is 5.65 Å². The molecule has 0 unspecified atom stereocenters. The minimum Gasteiger partial charge on any atom is -0.366 e. The summed E-state index contributed by atoms with van der Waals surface area (Å²) in [5.74, 6) is -0.456. The first-order valence-corrected chi connectivity index (χ1v) is 7.99. The summed E-state index contributed by atoms with van der Waals surface area (Å²) in [6.07, 6.45) is 1.82. The van der Waals surface area contributed by atoms with Crippen molar-refractivity contribution in [2.45, 2.75) is 11.8 Å². The molecule has 0 aliphatic heterocycles. The van der Waals surface area contributed by atoms with Gasteiger partial charge in [-0.15, -0.1) is 12.6 Å². The quantitative estimate of drug-likeness (QED) is 0.484. The van der Waals surface area contributed by atoms with Crippen molar-refractivity contribution in [2.75, 3.05) is 0 Å². The average Bonchev–Trinajstić information content (AvgIpc) is 2.91. The largest absolute Gasteiger partial charge is 0.366 e. The number of fused-ring (bicyclic) bond motifs is 3. The summed E-state index contributed by atoms with van der Waals surface area (Å²) in [7, 11) is 0. The SMILES string of the molecule is Cc1cnc2[nH]c3cc(C(N)=O)cc(-c4cccc(S)c4)c3c2c1. The monoisotopic (exact) mass is 333 g/mol. The molecule has 4 aromatic rings. The van der Waals surface area contributed by atoms with Gasteiger partial charge in [-0.25, -0.2) is 4.98 Å². The van der Waals surface area contributed by atoms with Crippen LogP contribution in [0.15, 0.2) is 53.6 Å². The Morgan fingerprint density at radius 2 is 2.04 bits per heavy atom. The van der Waals surface area contributed by atoms with Gasteiger partial charge in [0.2, 0.25) is 5.91 Å². The highest BCUT2D eigenvalue weighted by Crippen LogP contribution is 2.36. The molecule has 5 heteroatoms. The first-order valence-electron chi connectivity index (χ1n) is 7.54. The zero-order chi connectivity index (χ0) is 16.8. The van der Waals surface area contributed by atoms with Gasteiger partial charge in [0, 0.05) is 32.9 Å². The predicted molar refractivity (Wildman–Crippen MR) is 99.5 cm³/mol. The fraction of sp³-hybridized carbons (Fsp3) is 0.0526. The first kappa shape index (κ1) is 14.8. The van der Waals surface area contributed by atoms with Crippen LogP contribution in [-0.4, -0.2) is 15.9 Å². The number of aromatic amines is 1. The van der Waals surface area contributed by atoms with Crippen molar-refractivity contribution < 1.29 is 4.79 Å². The molecule has 2 aromatic carbocycles. The van der Waals surface area contributed by atoms with Crippen molar-refractivity contribution in [3.63, 3.8) is 0 Å². The Bertz CT molecular complexity index is 1110. The smallest absolute Gasteiger partial charge is 0.248 e. The van der Waals surface area contributed by atoms with Crippen LogP contribution in [0.25, 0.3) is 33.1 Å². The third kappa shape index (κ3) is 2.34. The van der Waals surface area contributed by atoms with Crippen LogP contribution in [0.1, 0.15) is 15.9 Å². The lowest BCUT2D eigenvalue weighted by molar-refractivity contribution is 0.100. The molecule has 1 amide bonds. The molecule has 0 atom stereocenters. The van der Waals surface area contributed by atoms with E-state index in [0.717, 1.165) is 43.5 Å². The molecular formula is C19H15N3OS. The summed E-state index contributed by atoms with van der Waals surface area (Å²) in [4.78, 5) is 20.3. The molecule has 0 aliphatic carbocycles. The average molecular weight is 333 g/mol. The van der Waals surface area contributed by atoms with Crippen molar-refractivity contribution in [1.82, 2.24) is 9.97 Å². The molecule has 0 saturated carbocycles. The highest BCUT2D eigenvalue weighted by molar-refractivity contribution is 7.80. The second-order valence-electron chi connectivity index (χ2n) is 5.89. The van der Waals surface area contributed by atoms with E-state index >= 15 is 0 Å². The highest BCUT2D eigenvalue weighted by Gasteiger charge is 2.15. The number of H-pyrrole nitrogens is 1. The molecule has 2 aromatic heterocycles. The van der Waals surface area contributed by atoms with Gasteiger partial charge >= 0.3 is 0 Å². The summed E-state index contributed by atoms with van der Waals surface area (Å²) in [5, 5.41) is 2.06. The number of primary amides is 1. The fourth-order valence-corrected chi connectivity index (χ4v) is 3.29. The number of hydrogen-bond donors (Lipinski definition) is 3. The summed E-state index contributed by atoms with van der Waals surface area (Å²) < 4.78 is 0. The number of amides is 1. The van der Waals surface area contributed by atoms with Crippen LogP contribution < -0.4 is 5.73 Å². The number of nitrogens with one attached hydrogen (secondary N) is 1. The van der Waals surface area contributed by atoms with Crippen molar-refractivity contribution in [3.8, 4) is 11.1 Å². The van der Waals surface area contributed by atoms with Crippen LogP contribution in [0.2, 0.25) is 0 Å². The molecule has 0 spiro atoms. The van der Waals surface area contributed by atoms with Crippen molar-refractivity contribution >= 4 is 40.5 Å². The number of pyridine rings is 1. The molecule has 0 fully saturated rings. The number of benzene rings is 2. The lowest BCUT2D eigenvalue weighted by Gasteiger charge is -2.08. The number of aryl methyl sites for hydroxylation is 1. The first-order chi connectivity index (χ1) is 11.5. The van der Waals surface area contributed by atoms with Gasteiger partial charge in [-0.2, -0.15) is 0 Å². The minimum atomic E-state index is -0.456. The Morgan fingerprint density at radius 1 is 1.21 bits per heavy atom. The topological polar surface area (TPSA) is 71.8 Å². The maximum atomic E-state index is 11.7. The third-order valence-electron chi connectivity index (χ3n) is 4.13. The molecule has 0 aliphatic rings. The number of carbonyl (C=O) groups excluding carboxylic acids is 1. The molecule has 0 saturated heterocycles. The Morgan fingerprint density at radius 3 is 2.79 bits per heavy atom. The van der Waals surface area contributed by atoms with Gasteiger partial charge in [0.05, 0.1) is 0 Å². The Balaban J connectivity index is 2.17. The molecular weight excluding hydrogens is 318 g/mol. The molecule has 3 N–H and O–H groups in total. The van der Waals surface area contributed by atoms with E-state index in [4.69, 9.17) is 5.73 Å². The molecule has 4 rings (SSSR count). The van der Waals surface area contributed by atoms with Gasteiger partial charge in [0.25, 0.3) is 0 Å². The number of rotatable bonds is 2. The van der Waals surface area contributed by atoms with E-state index in [1.165, 1.54) is 0 Å². The second kappa shape index (κ2) is 5.39. The van der Waals surface area contributed by atoms with Gasteiger partial charge in [0.15, 0.2) is 0 Å². The zero-order valence-electron chi connectivity index (χ0n) is 13.0. The van der Waals surface area contributed by atoms with Crippen LogP contribution >= 0.6 is 12.6 Å². The Hall–Kier alpha value is -2.79. The number of nitrogens with two attached hydrogens (primary N) is 1. The molecule has 4 nitrogen and oxygen atoms in total. The molecule has 2 heterocycles. The molecule has 118 valence electrons. The summed E-state index contributed by atoms with van der Waals surface area (Å²) in [6.45, 7) is 2.01. The van der Waals surface area contributed by atoms with Crippen LogP contribution in [0.4, 0.5) is 0 Å². The van der Waals surface area contributed by atoms with Crippen molar-refractivity contribution in [1.29, 1.82) is 0 Å². The fourth-order valence-electron chi connectivity index (χ4n) is 3.06. The normalized spacial score (nSPS) is 11.2. The summed E-state index contributed by atoms with van der Waals surface area (Å²) >= 11 is 4.43. The second-order valence-corrected chi connectivity index (χ2v) is 6.41. The van der Waals surface area contributed by atoms with Gasteiger partial charge in [-0.3, -0.25) is 4.79 Å². The van der Waals surface area contributed by atoms with E-state index in [-0.39, 0.29) is 0 Å². The predicted octanol–water partition coefficient (Wildman–Crippen LogP) is 4.08. The maximum Gasteiger partial charge on any atom is 0.248 e. The van der Waals surface area contributed by atoms with Crippen LogP contribution in [0.3, 0.4) is 0 Å². The number of aromatic nitrogens is 2. The van der Waals surface area contributed by atoms with Gasteiger partial charge in [-0.1, -0.05) is 12.1 Å². The number of thiol groups is 1. The van der Waals surface area contributed by atoms with Crippen molar-refractivity contribution in [3.05, 3.63) is 59.8 Å². The molecule has 24 heavy (non-hydrogen) atoms. The van der Waals surface area contributed by atoms with E-state index in [1.54, 1.807) is 6.07 Å². The van der Waals surface area contributed by atoms with Gasteiger partial charge in [-0.05, 0) is 53.9 Å². The van der Waals surface area contributed by atoms with Gasteiger partial charge < -0.3 is 10.7 Å². The van der Waals surface area contributed by atoms with Crippen molar-refractivity contribution in [2.24, 2.45) is 5.73 Å². The van der Waals surface area contributed by atoms with E-state index in [0.29, 0.717) is 5.56 Å². The Labute approximate surface area is 144 Å². The van der Waals surface area contributed by atoms with E-state index < -0.39 is 5.91 Å². The standard InChI is InChI=1S/C19H15N3OS/c1-10-5-15-17-14(11-3-2-4-13(24)6-11)7-12(18(20)23)8-16(17)22-19(15)21-9-10/h2-9,24H,1H3,(H2,20,23)(H,21,22). The molecule has 0 bridgehead atoms. The summed E-state index contributed by atoms with van der Waals surface area (Å²) in [6, 6.07) is 13.6. The third-order valence-corrected chi connectivity index (χ3v) is 4.41. The lowest BCUT2D eigenvalue weighted by Crippen LogP contribution is -2.10. The molecule has 0 radical (unpaired) electrons. The Kier molecular flexibility index (Phi) is 3.32. The minimum absolute atomic E-state index is 0.456. The number of hydrogen-bond acceptors (Lipinski definition) is 3. The zero-order valence-corrected chi connectivity index (χ0v) is 13.9. The van der Waals surface area contributed by atoms with E-state index in [1.807, 2.05) is 43.5 Å². The van der Waals surface area contributed by atoms with E-state index in [2.05, 4.69) is 28.7 Å². The van der Waals surface area contributed by atoms with E-state index in [9.17, 15) is 4.79 Å². The van der Waals surface area contributed by atoms with Crippen LogP contribution in [0, 0.1) is 6.92 Å². The lowest BCUT2D eigenvalue weighted by atomic mass is 9.97. The van der Waals surface area contributed by atoms with Crippen LogP contribution in [-0.2, 0) is 0 Å².